The molecule has 0 radical (unpaired) electrons. The molecule has 2 N–H and O–H groups in total. The minimum absolute atomic E-state index is 0.0627. The van der Waals surface area contributed by atoms with Crippen LogP contribution in [-0.4, -0.2) is 45.6 Å². The topological polar surface area (TPSA) is 102 Å². The van der Waals surface area contributed by atoms with Gasteiger partial charge in [0.15, 0.2) is 0 Å². The van der Waals surface area contributed by atoms with E-state index in [4.69, 9.17) is 14.5 Å². The Morgan fingerprint density at radius 3 is 2.76 bits per heavy atom. The average Bonchev–Trinajstić information content (AvgIpc) is 3.34. The molecule has 4 rings (SSSR count). The lowest BCUT2D eigenvalue weighted by molar-refractivity contribution is 0.0953. The Balaban J connectivity index is 1.58. The predicted octanol–water partition coefficient (Wildman–Crippen LogP) is 4.18. The van der Waals surface area contributed by atoms with Gasteiger partial charge in [-0.2, -0.15) is 0 Å². The first-order chi connectivity index (χ1) is 16.0. The molecule has 1 amide bonds. The van der Waals surface area contributed by atoms with Crippen molar-refractivity contribution < 1.29 is 14.3 Å². The van der Waals surface area contributed by atoms with Gasteiger partial charge in [-0.3, -0.25) is 4.79 Å². The van der Waals surface area contributed by atoms with Crippen LogP contribution in [0.2, 0.25) is 0 Å². The van der Waals surface area contributed by atoms with E-state index in [0.29, 0.717) is 40.5 Å². The van der Waals surface area contributed by atoms with Crippen LogP contribution in [0.3, 0.4) is 0 Å². The second-order valence-electron chi connectivity index (χ2n) is 7.87. The smallest absolute Gasteiger partial charge is 0.251 e. The van der Waals surface area contributed by atoms with E-state index in [0.717, 1.165) is 24.2 Å². The summed E-state index contributed by atoms with van der Waals surface area (Å²) in [5, 5.41) is 2.95. The summed E-state index contributed by atoms with van der Waals surface area (Å²) in [7, 11) is 1.62. The SMILES string of the molecule is COc1cccc(-c2nc3cc(C(=O)NCCCc4ncc[nH]4)ccc3nc2OC(C)C)c1. The first-order valence-corrected chi connectivity index (χ1v) is 10.9. The highest BCUT2D eigenvalue weighted by atomic mass is 16.5. The Morgan fingerprint density at radius 1 is 1.12 bits per heavy atom. The number of H-pyrrole nitrogens is 1. The van der Waals surface area contributed by atoms with Crippen molar-refractivity contribution in [3.8, 4) is 22.9 Å². The molecule has 0 atom stereocenters. The van der Waals surface area contributed by atoms with Gasteiger partial charge in [0.25, 0.3) is 5.91 Å². The van der Waals surface area contributed by atoms with Crippen molar-refractivity contribution in [1.29, 1.82) is 0 Å². The van der Waals surface area contributed by atoms with Crippen molar-refractivity contribution in [1.82, 2.24) is 25.3 Å². The molecular weight excluding hydrogens is 418 g/mol. The second kappa shape index (κ2) is 10.1. The minimum Gasteiger partial charge on any atom is -0.497 e. The molecule has 0 saturated heterocycles. The van der Waals surface area contributed by atoms with Gasteiger partial charge >= 0.3 is 0 Å². The number of methoxy groups -OCH3 is 1. The number of imidazole rings is 1. The van der Waals surface area contributed by atoms with E-state index in [1.54, 1.807) is 37.7 Å². The Kier molecular flexibility index (Phi) is 6.83. The van der Waals surface area contributed by atoms with Crippen LogP contribution in [0.5, 0.6) is 11.6 Å². The van der Waals surface area contributed by atoms with Crippen molar-refractivity contribution in [2.75, 3.05) is 13.7 Å². The van der Waals surface area contributed by atoms with Gasteiger partial charge in [-0.25, -0.2) is 15.0 Å². The van der Waals surface area contributed by atoms with Gasteiger partial charge in [0.1, 0.15) is 17.3 Å². The standard InChI is InChI=1S/C25H27N5O3/c1-16(2)33-25-23(17-6-4-7-19(14-17)32-3)29-21-15-18(9-10-20(21)30-25)24(31)28-11-5-8-22-26-12-13-27-22/h4,6-7,9-10,12-16H,5,8,11H2,1-3H3,(H,26,27)(H,28,31). The van der Waals surface area contributed by atoms with Gasteiger partial charge in [-0.05, 0) is 50.6 Å². The van der Waals surface area contributed by atoms with Gasteiger partial charge in [0.2, 0.25) is 5.88 Å². The van der Waals surface area contributed by atoms with E-state index in [9.17, 15) is 4.79 Å². The summed E-state index contributed by atoms with van der Waals surface area (Å²) in [6.07, 6.45) is 5.03. The molecule has 0 unspecified atom stereocenters. The van der Waals surface area contributed by atoms with Gasteiger partial charge < -0.3 is 19.8 Å². The van der Waals surface area contributed by atoms with Crippen LogP contribution in [-0.2, 0) is 6.42 Å². The number of nitrogens with one attached hydrogen (secondary N) is 2. The van der Waals surface area contributed by atoms with E-state index in [1.807, 2.05) is 38.1 Å². The van der Waals surface area contributed by atoms with Crippen molar-refractivity contribution >= 4 is 16.9 Å². The Bertz CT molecular complexity index is 1240. The molecule has 4 aromatic rings. The largest absolute Gasteiger partial charge is 0.497 e. The van der Waals surface area contributed by atoms with Gasteiger partial charge in [0.05, 0.1) is 24.2 Å². The lowest BCUT2D eigenvalue weighted by Crippen LogP contribution is -2.24. The molecular formula is C25H27N5O3. The van der Waals surface area contributed by atoms with Gasteiger partial charge in [-0.15, -0.1) is 0 Å². The average molecular weight is 446 g/mol. The number of ether oxygens (including phenoxy) is 2. The third kappa shape index (κ3) is 5.46. The summed E-state index contributed by atoms with van der Waals surface area (Å²) < 4.78 is 11.3. The number of hydrogen-bond donors (Lipinski definition) is 2. The number of aromatic nitrogens is 4. The number of aryl methyl sites for hydroxylation is 1. The van der Waals surface area contributed by atoms with E-state index in [1.165, 1.54) is 0 Å². The normalized spacial score (nSPS) is 11.0. The molecule has 0 aliphatic carbocycles. The zero-order valence-corrected chi connectivity index (χ0v) is 19.0. The zero-order chi connectivity index (χ0) is 23.2. The number of carbonyl (C=O) groups excluding carboxylic acids is 1. The number of rotatable bonds is 9. The van der Waals surface area contributed by atoms with Crippen LogP contribution in [0.25, 0.3) is 22.3 Å². The summed E-state index contributed by atoms with van der Waals surface area (Å²) in [6.45, 7) is 4.45. The zero-order valence-electron chi connectivity index (χ0n) is 19.0. The molecule has 0 aliphatic heterocycles. The van der Waals surface area contributed by atoms with E-state index in [2.05, 4.69) is 20.3 Å². The van der Waals surface area contributed by atoms with E-state index >= 15 is 0 Å². The van der Waals surface area contributed by atoms with E-state index in [-0.39, 0.29) is 12.0 Å². The molecule has 2 aromatic heterocycles. The quantitative estimate of drug-likeness (QED) is 0.375. The first-order valence-electron chi connectivity index (χ1n) is 10.9. The van der Waals surface area contributed by atoms with Crippen molar-refractivity contribution in [2.45, 2.75) is 32.8 Å². The fourth-order valence-corrected chi connectivity index (χ4v) is 3.44. The Morgan fingerprint density at radius 2 is 2.00 bits per heavy atom. The number of hydrogen-bond acceptors (Lipinski definition) is 6. The fraction of sp³-hybridized carbons (Fsp3) is 0.280. The van der Waals surface area contributed by atoms with Crippen LogP contribution in [0.1, 0.15) is 36.5 Å². The molecule has 0 saturated carbocycles. The molecule has 170 valence electrons. The minimum atomic E-state index is -0.149. The Hall–Kier alpha value is -3.94. The number of carbonyl (C=O) groups is 1. The highest BCUT2D eigenvalue weighted by Gasteiger charge is 2.16. The number of fused-ring (bicyclic) bond motifs is 1. The molecule has 8 heteroatoms. The highest BCUT2D eigenvalue weighted by molar-refractivity contribution is 5.97. The van der Waals surface area contributed by atoms with Gasteiger partial charge in [0, 0.05) is 36.5 Å². The lowest BCUT2D eigenvalue weighted by Gasteiger charge is -2.14. The number of nitrogens with zero attached hydrogens (tertiary/aromatic N) is 3. The maximum atomic E-state index is 12.7. The summed E-state index contributed by atoms with van der Waals surface area (Å²) in [4.78, 5) is 29.4. The maximum Gasteiger partial charge on any atom is 0.251 e. The molecule has 0 bridgehead atoms. The van der Waals surface area contributed by atoms with Crippen LogP contribution >= 0.6 is 0 Å². The molecule has 8 nitrogen and oxygen atoms in total. The van der Waals surface area contributed by atoms with Crippen molar-refractivity contribution in [2.24, 2.45) is 0 Å². The summed E-state index contributed by atoms with van der Waals surface area (Å²) >= 11 is 0. The molecule has 0 aliphatic rings. The van der Waals surface area contributed by atoms with Crippen LogP contribution in [0, 0.1) is 0 Å². The highest BCUT2D eigenvalue weighted by Crippen LogP contribution is 2.31. The lowest BCUT2D eigenvalue weighted by atomic mass is 10.1. The van der Waals surface area contributed by atoms with Crippen LogP contribution < -0.4 is 14.8 Å². The van der Waals surface area contributed by atoms with Crippen molar-refractivity contribution in [3.05, 3.63) is 66.2 Å². The summed E-state index contributed by atoms with van der Waals surface area (Å²) in [5.74, 6) is 1.92. The summed E-state index contributed by atoms with van der Waals surface area (Å²) in [5.41, 5.74) is 3.24. The number of aromatic amines is 1. The third-order valence-corrected chi connectivity index (χ3v) is 5.02. The maximum absolute atomic E-state index is 12.7. The molecule has 2 heterocycles. The Labute approximate surface area is 192 Å². The fourth-order valence-electron chi connectivity index (χ4n) is 3.44. The molecule has 33 heavy (non-hydrogen) atoms. The molecule has 0 fully saturated rings. The number of amides is 1. The predicted molar refractivity (Wildman–Crippen MR) is 127 cm³/mol. The summed E-state index contributed by atoms with van der Waals surface area (Å²) in [6, 6.07) is 12.9. The van der Waals surface area contributed by atoms with Crippen molar-refractivity contribution in [3.63, 3.8) is 0 Å². The monoisotopic (exact) mass is 445 g/mol. The number of benzene rings is 2. The van der Waals surface area contributed by atoms with Gasteiger partial charge in [-0.1, -0.05) is 12.1 Å². The first kappa shape index (κ1) is 22.3. The molecule has 0 spiro atoms. The van der Waals surface area contributed by atoms with E-state index < -0.39 is 0 Å². The third-order valence-electron chi connectivity index (χ3n) is 5.02. The second-order valence-corrected chi connectivity index (χ2v) is 7.87. The van der Waals surface area contributed by atoms with Crippen LogP contribution in [0.4, 0.5) is 0 Å². The van der Waals surface area contributed by atoms with Crippen LogP contribution in [0.15, 0.2) is 54.9 Å². The molecule has 2 aromatic carbocycles.